The van der Waals surface area contributed by atoms with Gasteiger partial charge in [0, 0.05) is 57.9 Å². The van der Waals surface area contributed by atoms with Crippen LogP contribution in [0.5, 0.6) is 0 Å². The van der Waals surface area contributed by atoms with Crippen molar-refractivity contribution in [3.8, 4) is 6.07 Å². The quantitative estimate of drug-likeness (QED) is 0.380. The van der Waals surface area contributed by atoms with Gasteiger partial charge in [-0.25, -0.2) is 13.8 Å². The molecule has 2 saturated heterocycles. The number of halogens is 2. The fraction of sp³-hybridized carbons (Fsp3) is 0.344. The Hall–Kier alpha value is -4.17. The molecule has 2 aromatic carbocycles. The molecule has 4 heterocycles. The van der Waals surface area contributed by atoms with Crippen molar-refractivity contribution in [3.05, 3.63) is 106 Å². The van der Waals surface area contributed by atoms with Crippen molar-refractivity contribution in [2.75, 3.05) is 37.6 Å². The first kappa shape index (κ1) is 28.0. The van der Waals surface area contributed by atoms with E-state index in [1.165, 1.54) is 28.8 Å². The predicted octanol–water partition coefficient (Wildman–Crippen LogP) is 3.43. The van der Waals surface area contributed by atoms with Gasteiger partial charge in [0.25, 0.3) is 5.56 Å². The van der Waals surface area contributed by atoms with Gasteiger partial charge < -0.3 is 14.6 Å². The SMILES string of the molecule is C[C@H]1CN(C(c2ccc(F)cc2)c2ccc(F)cc2)[C@H](CN2CC(O)C2)CN1c1cc(=O)n(C)c2ccc(C#N)nc12. The normalized spacial score (nSPS) is 20.2. The number of benzene rings is 2. The summed E-state index contributed by atoms with van der Waals surface area (Å²) < 4.78 is 29.5. The second-order valence-electron chi connectivity index (χ2n) is 11.3. The highest BCUT2D eigenvalue weighted by Gasteiger charge is 2.40. The second-order valence-corrected chi connectivity index (χ2v) is 11.3. The number of nitriles is 1. The summed E-state index contributed by atoms with van der Waals surface area (Å²) in [6.45, 7) is 4.99. The highest BCUT2D eigenvalue weighted by molar-refractivity contribution is 5.89. The van der Waals surface area contributed by atoms with Crippen LogP contribution in [-0.2, 0) is 7.05 Å². The van der Waals surface area contributed by atoms with Gasteiger partial charge >= 0.3 is 0 Å². The maximum absolute atomic E-state index is 14.0. The summed E-state index contributed by atoms with van der Waals surface area (Å²) in [5.74, 6) is -0.662. The number of aliphatic hydroxyl groups is 1. The van der Waals surface area contributed by atoms with Crippen LogP contribution in [0.4, 0.5) is 14.5 Å². The van der Waals surface area contributed by atoms with Crippen molar-refractivity contribution in [2.24, 2.45) is 7.05 Å². The number of piperazine rings is 1. The van der Waals surface area contributed by atoms with Crippen LogP contribution in [0.25, 0.3) is 11.0 Å². The van der Waals surface area contributed by atoms with Crippen LogP contribution in [0.1, 0.15) is 29.8 Å². The number of fused-ring (bicyclic) bond motifs is 1. The van der Waals surface area contributed by atoms with Crippen molar-refractivity contribution in [1.29, 1.82) is 5.26 Å². The van der Waals surface area contributed by atoms with Gasteiger partial charge in [-0.2, -0.15) is 5.26 Å². The Morgan fingerprint density at radius 2 is 1.60 bits per heavy atom. The smallest absolute Gasteiger partial charge is 0.252 e. The molecule has 10 heteroatoms. The molecule has 2 atom stereocenters. The van der Waals surface area contributed by atoms with E-state index in [0.717, 1.165) is 11.1 Å². The molecule has 8 nitrogen and oxygen atoms in total. The lowest BCUT2D eigenvalue weighted by molar-refractivity contribution is -0.0208. The zero-order valence-corrected chi connectivity index (χ0v) is 23.5. The third-order valence-corrected chi connectivity index (χ3v) is 8.49. The number of pyridine rings is 2. The van der Waals surface area contributed by atoms with Crippen molar-refractivity contribution in [3.63, 3.8) is 0 Å². The number of β-amino-alcohol motifs (C(OH)–C–C–N with tert-alkyl or cyclic N) is 1. The standard InChI is InChI=1S/C32H32F2N6O2/c1-20-15-40(32(21-3-7-23(33)8-4-21)22-5-9-24(34)10-6-22)26(16-38-18-27(41)19-38)17-39(20)29-13-30(42)37(2)28-12-11-25(14-35)36-31(28)29/h3-13,20,26-27,32,41H,15-19H2,1-2H3/t20-,26+/m0/s1. The van der Waals surface area contributed by atoms with Crippen LogP contribution in [0.15, 0.2) is 71.5 Å². The molecule has 0 spiro atoms. The molecule has 0 aliphatic carbocycles. The van der Waals surface area contributed by atoms with E-state index >= 15 is 0 Å². The number of hydrogen-bond acceptors (Lipinski definition) is 7. The molecule has 0 bridgehead atoms. The molecule has 2 aliphatic heterocycles. The second kappa shape index (κ2) is 11.2. The highest BCUT2D eigenvalue weighted by Crippen LogP contribution is 2.36. The van der Waals surface area contributed by atoms with Gasteiger partial charge in [0.2, 0.25) is 0 Å². The highest BCUT2D eigenvalue weighted by atomic mass is 19.1. The van der Waals surface area contributed by atoms with E-state index in [1.54, 1.807) is 49.5 Å². The number of likely N-dealkylation sites (tertiary alicyclic amines) is 1. The summed E-state index contributed by atoms with van der Waals surface area (Å²) >= 11 is 0. The number of rotatable bonds is 6. The molecule has 0 amide bonds. The third-order valence-electron chi connectivity index (χ3n) is 8.49. The minimum atomic E-state index is -0.364. The largest absolute Gasteiger partial charge is 0.390 e. The van der Waals surface area contributed by atoms with E-state index in [9.17, 15) is 23.9 Å². The van der Waals surface area contributed by atoms with Gasteiger partial charge in [0.1, 0.15) is 28.9 Å². The first-order valence-corrected chi connectivity index (χ1v) is 14.1. The number of nitrogens with zero attached hydrogens (tertiary/aromatic N) is 6. The van der Waals surface area contributed by atoms with E-state index in [-0.39, 0.29) is 47.1 Å². The lowest BCUT2D eigenvalue weighted by Gasteiger charge is -2.51. The minimum absolute atomic E-state index is 0.0746. The zero-order valence-electron chi connectivity index (χ0n) is 23.5. The van der Waals surface area contributed by atoms with Crippen molar-refractivity contribution < 1.29 is 13.9 Å². The fourth-order valence-corrected chi connectivity index (χ4v) is 6.33. The molecular weight excluding hydrogens is 538 g/mol. The number of aliphatic hydroxyl groups excluding tert-OH is 1. The van der Waals surface area contributed by atoms with E-state index in [2.05, 4.69) is 32.7 Å². The Labute approximate surface area is 242 Å². The third kappa shape index (κ3) is 5.27. The maximum Gasteiger partial charge on any atom is 0.252 e. The summed E-state index contributed by atoms with van der Waals surface area (Å²) in [6, 6.07) is 19.5. The molecule has 6 rings (SSSR count). The Morgan fingerprint density at radius 1 is 0.976 bits per heavy atom. The number of anilines is 1. The lowest BCUT2D eigenvalue weighted by Crippen LogP contribution is -2.64. The number of hydrogen-bond donors (Lipinski definition) is 1. The van der Waals surface area contributed by atoms with Crippen molar-refractivity contribution in [2.45, 2.75) is 31.2 Å². The number of aromatic nitrogens is 2. The van der Waals surface area contributed by atoms with Gasteiger partial charge in [-0.3, -0.25) is 14.6 Å². The maximum atomic E-state index is 14.0. The van der Waals surface area contributed by atoms with Crippen LogP contribution < -0.4 is 10.5 Å². The van der Waals surface area contributed by atoms with Gasteiger partial charge in [-0.05, 0) is 54.4 Å². The Morgan fingerprint density at radius 3 is 2.17 bits per heavy atom. The minimum Gasteiger partial charge on any atom is -0.390 e. The van der Waals surface area contributed by atoms with Gasteiger partial charge in [0.05, 0.1) is 23.3 Å². The van der Waals surface area contributed by atoms with E-state index in [0.29, 0.717) is 49.4 Å². The Balaban J connectivity index is 1.44. The van der Waals surface area contributed by atoms with Gasteiger partial charge in [0.15, 0.2) is 0 Å². The summed E-state index contributed by atoms with van der Waals surface area (Å²) in [5.41, 5.74) is 3.77. The zero-order chi connectivity index (χ0) is 29.5. The van der Waals surface area contributed by atoms with Crippen LogP contribution >= 0.6 is 0 Å². The molecule has 4 aromatic rings. The fourth-order valence-electron chi connectivity index (χ4n) is 6.33. The molecule has 2 aliphatic rings. The average Bonchev–Trinajstić information content (AvgIpc) is 2.97. The molecule has 0 radical (unpaired) electrons. The van der Waals surface area contributed by atoms with Crippen LogP contribution in [-0.4, -0.2) is 75.4 Å². The molecule has 2 fully saturated rings. The summed E-state index contributed by atoms with van der Waals surface area (Å²) in [7, 11) is 1.69. The summed E-state index contributed by atoms with van der Waals surface area (Å²) in [4.78, 5) is 24.4. The van der Waals surface area contributed by atoms with E-state index < -0.39 is 0 Å². The Bertz CT molecular complexity index is 1650. The average molecular weight is 571 g/mol. The van der Waals surface area contributed by atoms with Crippen LogP contribution in [0.3, 0.4) is 0 Å². The van der Waals surface area contributed by atoms with E-state index in [1.807, 2.05) is 0 Å². The lowest BCUT2D eigenvalue weighted by atomic mass is 9.92. The van der Waals surface area contributed by atoms with Crippen molar-refractivity contribution in [1.82, 2.24) is 19.4 Å². The van der Waals surface area contributed by atoms with Crippen molar-refractivity contribution >= 4 is 16.7 Å². The van der Waals surface area contributed by atoms with E-state index in [4.69, 9.17) is 0 Å². The molecule has 0 unspecified atom stereocenters. The summed E-state index contributed by atoms with van der Waals surface area (Å²) in [6.07, 6.45) is -0.364. The molecule has 1 N–H and O–H groups in total. The topological polar surface area (TPSA) is 88.6 Å². The Kier molecular flexibility index (Phi) is 7.49. The molecule has 42 heavy (non-hydrogen) atoms. The molecule has 2 aromatic heterocycles. The predicted molar refractivity (Wildman–Crippen MR) is 156 cm³/mol. The first-order chi connectivity index (χ1) is 20.2. The van der Waals surface area contributed by atoms with Gasteiger partial charge in [-0.15, -0.1) is 0 Å². The van der Waals surface area contributed by atoms with Gasteiger partial charge in [-0.1, -0.05) is 24.3 Å². The molecule has 216 valence electrons. The number of aryl methyl sites for hydroxylation is 1. The first-order valence-electron chi connectivity index (χ1n) is 14.1. The monoisotopic (exact) mass is 570 g/mol. The van der Waals surface area contributed by atoms with Crippen LogP contribution in [0.2, 0.25) is 0 Å². The molecular formula is C32H32F2N6O2. The van der Waals surface area contributed by atoms with Crippen LogP contribution in [0, 0.1) is 23.0 Å². The summed E-state index contributed by atoms with van der Waals surface area (Å²) in [5, 5.41) is 19.6. The molecule has 0 saturated carbocycles.